The van der Waals surface area contributed by atoms with E-state index in [2.05, 4.69) is 44.3 Å². The normalized spacial score (nSPS) is 16.0. The van der Waals surface area contributed by atoms with Gasteiger partial charge < -0.3 is 20.4 Å². The molecule has 8 heteroatoms. The van der Waals surface area contributed by atoms with Crippen molar-refractivity contribution in [2.24, 2.45) is 4.99 Å². The summed E-state index contributed by atoms with van der Waals surface area (Å²) in [6.07, 6.45) is 8.80. The number of nitrogens with zero attached hydrogens (tertiary/aromatic N) is 5. The quantitative estimate of drug-likeness (QED) is 0.379. The summed E-state index contributed by atoms with van der Waals surface area (Å²) < 4.78 is 0. The van der Waals surface area contributed by atoms with Crippen molar-refractivity contribution >= 4 is 17.8 Å². The number of hydrogen-bond acceptors (Lipinski definition) is 5. The molecule has 1 aliphatic rings. The van der Waals surface area contributed by atoms with Gasteiger partial charge in [-0.25, -0.2) is 9.97 Å². The largest absolute Gasteiger partial charge is 0.356 e. The van der Waals surface area contributed by atoms with Crippen LogP contribution < -0.4 is 15.5 Å². The maximum absolute atomic E-state index is 12.5. The molecular weight excluding hydrogens is 354 g/mol. The van der Waals surface area contributed by atoms with Crippen molar-refractivity contribution in [3.8, 4) is 0 Å². The second kappa shape index (κ2) is 12.2. The summed E-state index contributed by atoms with van der Waals surface area (Å²) in [5, 5.41) is 6.65. The SMILES string of the molecule is CCCCCC(C)NC(=NC)NCCC(=O)N1CCN(c2ncccn2)CC1. The number of hydrogen-bond donors (Lipinski definition) is 2. The molecule has 1 aromatic heterocycles. The van der Waals surface area contributed by atoms with E-state index in [9.17, 15) is 4.79 Å². The molecule has 1 amide bonds. The van der Waals surface area contributed by atoms with Gasteiger partial charge in [0.2, 0.25) is 11.9 Å². The summed E-state index contributed by atoms with van der Waals surface area (Å²) in [5.74, 6) is 1.68. The van der Waals surface area contributed by atoms with E-state index in [1.807, 2.05) is 11.0 Å². The van der Waals surface area contributed by atoms with Crippen LogP contribution in [0.15, 0.2) is 23.5 Å². The number of nitrogens with one attached hydrogen (secondary N) is 2. The first kappa shape index (κ1) is 21.9. The lowest BCUT2D eigenvalue weighted by Gasteiger charge is -2.34. The monoisotopic (exact) mass is 389 g/mol. The number of carbonyl (C=O) groups is 1. The number of aliphatic imine (C=N–C) groups is 1. The van der Waals surface area contributed by atoms with Gasteiger partial charge in [-0.05, 0) is 19.4 Å². The van der Waals surface area contributed by atoms with Crippen LogP contribution in [0.3, 0.4) is 0 Å². The van der Waals surface area contributed by atoms with E-state index in [1.165, 1.54) is 19.3 Å². The number of rotatable bonds is 9. The van der Waals surface area contributed by atoms with Crippen molar-refractivity contribution in [3.63, 3.8) is 0 Å². The molecule has 0 aromatic carbocycles. The third kappa shape index (κ3) is 7.32. The topological polar surface area (TPSA) is 85.8 Å². The number of guanidine groups is 1. The minimum atomic E-state index is 0.174. The van der Waals surface area contributed by atoms with Crippen molar-refractivity contribution in [2.45, 2.75) is 52.0 Å². The van der Waals surface area contributed by atoms with Gasteiger partial charge in [-0.15, -0.1) is 0 Å². The van der Waals surface area contributed by atoms with Gasteiger partial charge in [0.15, 0.2) is 5.96 Å². The Morgan fingerprint density at radius 3 is 2.57 bits per heavy atom. The Morgan fingerprint density at radius 1 is 1.21 bits per heavy atom. The smallest absolute Gasteiger partial charge is 0.225 e. The van der Waals surface area contributed by atoms with Crippen LogP contribution in [-0.4, -0.2) is 72.5 Å². The van der Waals surface area contributed by atoms with Gasteiger partial charge in [-0.2, -0.15) is 0 Å². The number of amides is 1. The zero-order chi connectivity index (χ0) is 20.2. The predicted octanol–water partition coefficient (Wildman–Crippen LogP) is 1.65. The molecule has 2 N–H and O–H groups in total. The van der Waals surface area contributed by atoms with Crippen molar-refractivity contribution in [2.75, 3.05) is 44.7 Å². The van der Waals surface area contributed by atoms with E-state index in [1.54, 1.807) is 19.4 Å². The van der Waals surface area contributed by atoms with E-state index >= 15 is 0 Å². The fourth-order valence-corrected chi connectivity index (χ4v) is 3.26. The molecule has 8 nitrogen and oxygen atoms in total. The van der Waals surface area contributed by atoms with Crippen LogP contribution in [0.1, 0.15) is 46.0 Å². The van der Waals surface area contributed by atoms with Gasteiger partial charge in [-0.3, -0.25) is 9.79 Å². The molecule has 1 unspecified atom stereocenters. The summed E-state index contributed by atoms with van der Waals surface area (Å²) in [6.45, 7) is 7.91. The molecule has 0 aliphatic carbocycles. The number of aromatic nitrogens is 2. The molecule has 28 heavy (non-hydrogen) atoms. The van der Waals surface area contributed by atoms with Crippen LogP contribution in [0.2, 0.25) is 0 Å². The molecule has 0 saturated carbocycles. The molecule has 156 valence electrons. The molecule has 1 aliphatic heterocycles. The van der Waals surface area contributed by atoms with E-state index < -0.39 is 0 Å². The van der Waals surface area contributed by atoms with Crippen LogP contribution in [0.25, 0.3) is 0 Å². The van der Waals surface area contributed by atoms with Gasteiger partial charge in [0.25, 0.3) is 0 Å². The zero-order valence-electron chi connectivity index (χ0n) is 17.5. The van der Waals surface area contributed by atoms with Gasteiger partial charge in [0.1, 0.15) is 0 Å². The Labute approximate surface area is 168 Å². The molecule has 0 radical (unpaired) electrons. The van der Waals surface area contributed by atoms with Crippen molar-refractivity contribution in [1.29, 1.82) is 0 Å². The molecule has 1 atom stereocenters. The van der Waals surface area contributed by atoms with E-state index in [0.717, 1.165) is 31.4 Å². The van der Waals surface area contributed by atoms with Crippen LogP contribution in [-0.2, 0) is 4.79 Å². The fraction of sp³-hybridized carbons (Fsp3) is 0.700. The second-order valence-electron chi connectivity index (χ2n) is 7.21. The first-order valence-corrected chi connectivity index (χ1v) is 10.4. The van der Waals surface area contributed by atoms with E-state index in [-0.39, 0.29) is 5.91 Å². The third-order valence-corrected chi connectivity index (χ3v) is 4.95. The summed E-state index contributed by atoms with van der Waals surface area (Å²) in [6, 6.07) is 2.19. The van der Waals surface area contributed by atoms with E-state index in [4.69, 9.17) is 0 Å². The summed E-state index contributed by atoms with van der Waals surface area (Å²) in [5.41, 5.74) is 0. The minimum absolute atomic E-state index is 0.174. The Balaban J connectivity index is 1.65. The second-order valence-corrected chi connectivity index (χ2v) is 7.21. The van der Waals surface area contributed by atoms with Gasteiger partial charge >= 0.3 is 0 Å². The molecule has 1 aromatic rings. The first-order chi connectivity index (χ1) is 13.6. The highest BCUT2D eigenvalue weighted by atomic mass is 16.2. The zero-order valence-corrected chi connectivity index (χ0v) is 17.5. The van der Waals surface area contributed by atoms with Crippen LogP contribution in [0, 0.1) is 0 Å². The Hall–Kier alpha value is -2.38. The lowest BCUT2D eigenvalue weighted by atomic mass is 10.1. The van der Waals surface area contributed by atoms with Crippen molar-refractivity contribution < 1.29 is 4.79 Å². The number of unbranched alkanes of at least 4 members (excludes halogenated alkanes) is 2. The van der Waals surface area contributed by atoms with Gasteiger partial charge in [-0.1, -0.05) is 26.2 Å². The maximum atomic E-state index is 12.5. The molecule has 0 bridgehead atoms. The Kier molecular flexibility index (Phi) is 9.51. The fourth-order valence-electron chi connectivity index (χ4n) is 3.26. The standard InChI is InChI=1S/C20H35N7O/c1-4-5-6-8-17(2)25-19(21-3)22-12-9-18(28)26-13-15-27(16-14-26)20-23-10-7-11-24-20/h7,10-11,17H,4-6,8-9,12-16H2,1-3H3,(H2,21,22,25). The first-order valence-electron chi connectivity index (χ1n) is 10.4. The highest BCUT2D eigenvalue weighted by Gasteiger charge is 2.22. The van der Waals surface area contributed by atoms with Crippen LogP contribution >= 0.6 is 0 Å². The van der Waals surface area contributed by atoms with Crippen LogP contribution in [0.4, 0.5) is 5.95 Å². The highest BCUT2D eigenvalue weighted by molar-refractivity contribution is 5.81. The molecule has 2 heterocycles. The lowest BCUT2D eigenvalue weighted by Crippen LogP contribution is -2.50. The summed E-state index contributed by atoms with van der Waals surface area (Å²) >= 11 is 0. The third-order valence-electron chi connectivity index (χ3n) is 4.95. The number of piperazine rings is 1. The predicted molar refractivity (Wildman–Crippen MR) is 114 cm³/mol. The lowest BCUT2D eigenvalue weighted by molar-refractivity contribution is -0.131. The highest BCUT2D eigenvalue weighted by Crippen LogP contribution is 2.10. The summed E-state index contributed by atoms with van der Waals surface area (Å²) in [7, 11) is 1.76. The van der Waals surface area contributed by atoms with Gasteiger partial charge in [0, 0.05) is 64.6 Å². The summed E-state index contributed by atoms with van der Waals surface area (Å²) in [4.78, 5) is 29.3. The van der Waals surface area contributed by atoms with Crippen LogP contribution in [0.5, 0.6) is 0 Å². The number of carbonyl (C=O) groups excluding carboxylic acids is 1. The average Bonchev–Trinajstić information content (AvgIpc) is 2.74. The Morgan fingerprint density at radius 2 is 1.93 bits per heavy atom. The average molecular weight is 390 g/mol. The Bertz CT molecular complexity index is 600. The number of anilines is 1. The van der Waals surface area contributed by atoms with Gasteiger partial charge in [0.05, 0.1) is 0 Å². The molecule has 1 fully saturated rings. The van der Waals surface area contributed by atoms with E-state index in [0.29, 0.717) is 32.1 Å². The maximum Gasteiger partial charge on any atom is 0.225 e. The molecule has 0 spiro atoms. The molecular formula is C20H35N7O. The van der Waals surface area contributed by atoms with Crippen molar-refractivity contribution in [1.82, 2.24) is 25.5 Å². The van der Waals surface area contributed by atoms with Crippen molar-refractivity contribution in [3.05, 3.63) is 18.5 Å². The molecule has 1 saturated heterocycles. The molecule has 2 rings (SSSR count). The minimum Gasteiger partial charge on any atom is -0.356 e.